The third-order valence-electron chi connectivity index (χ3n) is 5.08. The summed E-state index contributed by atoms with van der Waals surface area (Å²) in [6, 6.07) is 0.382. The minimum absolute atomic E-state index is 0.311. The van der Waals surface area contributed by atoms with Crippen molar-refractivity contribution in [3.8, 4) is 0 Å². The predicted octanol–water partition coefficient (Wildman–Crippen LogP) is 1.84. The molecule has 0 aromatic rings. The van der Waals surface area contributed by atoms with Crippen molar-refractivity contribution in [2.45, 2.75) is 44.6 Å². The highest BCUT2D eigenvalue weighted by Gasteiger charge is 2.34. The van der Waals surface area contributed by atoms with Gasteiger partial charge in [-0.25, -0.2) is 0 Å². The second-order valence-electron chi connectivity index (χ2n) is 6.37. The molecule has 1 unspecified atom stereocenters. The molecule has 2 aliphatic carbocycles. The summed E-state index contributed by atoms with van der Waals surface area (Å²) in [7, 11) is 1.99. The molecule has 3 rings (SSSR count). The van der Waals surface area contributed by atoms with Gasteiger partial charge in [-0.1, -0.05) is 6.42 Å². The van der Waals surface area contributed by atoms with E-state index in [0.717, 1.165) is 50.9 Å². The zero-order valence-corrected chi connectivity index (χ0v) is 12.3. The summed E-state index contributed by atoms with van der Waals surface area (Å²) < 4.78 is 0. The predicted molar refractivity (Wildman–Crippen MR) is 79.7 cm³/mol. The van der Waals surface area contributed by atoms with Gasteiger partial charge in [0.1, 0.15) is 0 Å². The molecule has 0 aromatic heterocycles. The van der Waals surface area contributed by atoms with Crippen molar-refractivity contribution in [1.82, 2.24) is 9.80 Å². The molecule has 1 aliphatic heterocycles. The van der Waals surface area contributed by atoms with Crippen molar-refractivity contribution >= 4 is 5.91 Å². The Labute approximate surface area is 121 Å². The first-order valence-corrected chi connectivity index (χ1v) is 7.82. The lowest BCUT2D eigenvalue weighted by Gasteiger charge is -2.33. The molecule has 4 nitrogen and oxygen atoms in total. The van der Waals surface area contributed by atoms with Gasteiger partial charge in [0, 0.05) is 37.4 Å². The summed E-state index contributed by atoms with van der Waals surface area (Å²) in [5.41, 5.74) is 8.17. The number of rotatable bonds is 3. The largest absolute Gasteiger partial charge is 0.402 e. The molecule has 2 N–H and O–H groups in total. The summed E-state index contributed by atoms with van der Waals surface area (Å²) in [6.45, 7) is 2.04. The SMILES string of the molecule is CN(C(=O)C1CCC1)C1CCN(C2=CC=C(N)CC2)C1. The molecule has 0 aromatic carbocycles. The maximum absolute atomic E-state index is 12.3. The van der Waals surface area contributed by atoms with E-state index in [2.05, 4.69) is 11.0 Å². The normalized spacial score (nSPS) is 26.9. The number of likely N-dealkylation sites (tertiary alicyclic amines) is 1. The standard InChI is InChI=1S/C16H25N3O/c1-18(16(20)12-3-2-4-12)15-9-10-19(11-15)14-7-5-13(17)6-8-14/h5,7,12,15H,2-4,6,8-11,17H2,1H3. The molecule has 4 heteroatoms. The molecule has 1 heterocycles. The van der Waals surface area contributed by atoms with Gasteiger partial charge in [0.25, 0.3) is 0 Å². The molecule has 2 fully saturated rings. The fourth-order valence-corrected chi connectivity index (χ4v) is 3.35. The highest BCUT2D eigenvalue weighted by molar-refractivity contribution is 5.79. The minimum atomic E-state index is 0.311. The molecule has 3 aliphatic rings. The topological polar surface area (TPSA) is 49.6 Å². The molecule has 0 radical (unpaired) electrons. The zero-order chi connectivity index (χ0) is 14.1. The molecule has 20 heavy (non-hydrogen) atoms. The zero-order valence-electron chi connectivity index (χ0n) is 12.3. The lowest BCUT2D eigenvalue weighted by atomic mass is 9.84. The summed E-state index contributed by atoms with van der Waals surface area (Å²) in [6.07, 6.45) is 10.7. The molecule has 0 spiro atoms. The smallest absolute Gasteiger partial charge is 0.225 e. The van der Waals surface area contributed by atoms with Crippen LogP contribution in [-0.2, 0) is 4.79 Å². The first kappa shape index (κ1) is 13.5. The monoisotopic (exact) mass is 275 g/mol. The maximum Gasteiger partial charge on any atom is 0.225 e. The van der Waals surface area contributed by atoms with Crippen LogP contribution in [0.15, 0.2) is 23.5 Å². The van der Waals surface area contributed by atoms with E-state index in [4.69, 9.17) is 5.73 Å². The van der Waals surface area contributed by atoms with E-state index < -0.39 is 0 Å². The average molecular weight is 275 g/mol. The number of hydrogen-bond donors (Lipinski definition) is 1. The second kappa shape index (κ2) is 5.51. The Balaban J connectivity index is 1.57. The average Bonchev–Trinajstić information content (AvgIpc) is 2.86. The Bertz CT molecular complexity index is 451. The first-order valence-electron chi connectivity index (χ1n) is 7.82. The molecular formula is C16H25N3O. The van der Waals surface area contributed by atoms with Crippen LogP contribution in [0.5, 0.6) is 0 Å². The van der Waals surface area contributed by atoms with Gasteiger partial charge < -0.3 is 15.5 Å². The van der Waals surface area contributed by atoms with Gasteiger partial charge in [-0.3, -0.25) is 4.79 Å². The Kier molecular flexibility index (Phi) is 3.72. The molecular weight excluding hydrogens is 250 g/mol. The summed E-state index contributed by atoms with van der Waals surface area (Å²) in [4.78, 5) is 16.7. The molecule has 1 saturated heterocycles. The molecule has 110 valence electrons. The van der Waals surface area contributed by atoms with Crippen LogP contribution in [0.2, 0.25) is 0 Å². The van der Waals surface area contributed by atoms with Crippen LogP contribution in [0.1, 0.15) is 38.5 Å². The highest BCUT2D eigenvalue weighted by atomic mass is 16.2. The molecule has 1 saturated carbocycles. The van der Waals surface area contributed by atoms with Crippen LogP contribution in [0.3, 0.4) is 0 Å². The fourth-order valence-electron chi connectivity index (χ4n) is 3.35. The lowest BCUT2D eigenvalue weighted by molar-refractivity contribution is -0.138. The first-order chi connectivity index (χ1) is 9.65. The van der Waals surface area contributed by atoms with Gasteiger partial charge in [0.2, 0.25) is 5.91 Å². The van der Waals surface area contributed by atoms with Gasteiger partial charge in [0.15, 0.2) is 0 Å². The van der Waals surface area contributed by atoms with Crippen LogP contribution in [0.25, 0.3) is 0 Å². The van der Waals surface area contributed by atoms with E-state index >= 15 is 0 Å². The van der Waals surface area contributed by atoms with E-state index in [9.17, 15) is 4.79 Å². The van der Waals surface area contributed by atoms with E-state index in [0.29, 0.717) is 17.9 Å². The van der Waals surface area contributed by atoms with Crippen molar-refractivity contribution in [2.75, 3.05) is 20.1 Å². The van der Waals surface area contributed by atoms with Crippen molar-refractivity contribution in [1.29, 1.82) is 0 Å². The minimum Gasteiger partial charge on any atom is -0.402 e. The van der Waals surface area contributed by atoms with E-state index in [1.54, 1.807) is 0 Å². The number of carbonyl (C=O) groups excluding carboxylic acids is 1. The maximum atomic E-state index is 12.3. The van der Waals surface area contributed by atoms with Gasteiger partial charge in [0.05, 0.1) is 6.04 Å². The van der Waals surface area contributed by atoms with Crippen LogP contribution in [0.4, 0.5) is 0 Å². The fraction of sp³-hybridized carbons (Fsp3) is 0.688. The highest BCUT2D eigenvalue weighted by Crippen LogP contribution is 2.30. The summed E-state index contributed by atoms with van der Waals surface area (Å²) in [5.74, 6) is 0.676. The van der Waals surface area contributed by atoms with Crippen molar-refractivity contribution < 1.29 is 4.79 Å². The van der Waals surface area contributed by atoms with Gasteiger partial charge in [-0.05, 0) is 44.3 Å². The van der Waals surface area contributed by atoms with Crippen LogP contribution >= 0.6 is 0 Å². The van der Waals surface area contributed by atoms with E-state index in [1.165, 1.54) is 12.1 Å². The third-order valence-corrected chi connectivity index (χ3v) is 5.08. The van der Waals surface area contributed by atoms with Crippen LogP contribution in [0, 0.1) is 5.92 Å². The number of allylic oxidation sites excluding steroid dienone is 4. The number of nitrogens with two attached hydrogens (primary N) is 1. The summed E-state index contributed by atoms with van der Waals surface area (Å²) >= 11 is 0. The van der Waals surface area contributed by atoms with Crippen molar-refractivity contribution in [3.05, 3.63) is 23.5 Å². The molecule has 1 amide bonds. The Morgan fingerprint density at radius 2 is 2.10 bits per heavy atom. The quantitative estimate of drug-likeness (QED) is 0.855. The Morgan fingerprint density at radius 3 is 2.70 bits per heavy atom. The Hall–Kier alpha value is -1.45. The van der Waals surface area contributed by atoms with Gasteiger partial charge in [-0.2, -0.15) is 0 Å². The number of amides is 1. The van der Waals surface area contributed by atoms with E-state index in [1.807, 2.05) is 18.0 Å². The van der Waals surface area contributed by atoms with Gasteiger partial charge >= 0.3 is 0 Å². The summed E-state index contributed by atoms with van der Waals surface area (Å²) in [5, 5.41) is 0. The number of hydrogen-bond acceptors (Lipinski definition) is 3. The van der Waals surface area contributed by atoms with Gasteiger partial charge in [-0.15, -0.1) is 0 Å². The second-order valence-corrected chi connectivity index (χ2v) is 6.37. The lowest BCUT2D eigenvalue weighted by Crippen LogP contribution is -2.43. The van der Waals surface area contributed by atoms with Crippen LogP contribution in [-0.4, -0.2) is 41.9 Å². The third kappa shape index (κ3) is 2.56. The van der Waals surface area contributed by atoms with Crippen molar-refractivity contribution in [2.24, 2.45) is 11.7 Å². The van der Waals surface area contributed by atoms with Crippen molar-refractivity contribution in [3.63, 3.8) is 0 Å². The number of carbonyl (C=O) groups is 1. The van der Waals surface area contributed by atoms with Crippen LogP contribution < -0.4 is 5.73 Å². The number of nitrogens with zero attached hydrogens (tertiary/aromatic N) is 2. The van der Waals surface area contributed by atoms with E-state index in [-0.39, 0.29) is 0 Å². The Morgan fingerprint density at radius 1 is 1.30 bits per heavy atom. The molecule has 1 atom stereocenters. The molecule has 0 bridgehead atoms. The number of likely N-dealkylation sites (N-methyl/N-ethyl adjacent to an activating group) is 1.